The van der Waals surface area contributed by atoms with Gasteiger partial charge in [-0.1, -0.05) is 0 Å². The molecule has 258 valence electrons. The minimum absolute atomic E-state index is 0.00691. The van der Waals surface area contributed by atoms with E-state index in [4.69, 9.17) is 9.47 Å². The lowest BCUT2D eigenvalue weighted by atomic mass is 10.1. The number of fused-ring (bicyclic) bond motifs is 1. The first-order chi connectivity index (χ1) is 22.9. The van der Waals surface area contributed by atoms with Crippen molar-refractivity contribution in [3.8, 4) is 10.6 Å². The molecule has 0 spiro atoms. The van der Waals surface area contributed by atoms with E-state index < -0.39 is 33.2 Å². The second kappa shape index (κ2) is 12.9. The molecule has 2 aromatic heterocycles. The number of alkyl halides is 3. The molecule has 11 nitrogen and oxygen atoms in total. The molecule has 0 unspecified atom stereocenters. The Bertz CT molecular complexity index is 1810. The molecule has 4 aliphatic rings. The van der Waals surface area contributed by atoms with Crippen molar-refractivity contribution in [2.24, 2.45) is 0 Å². The molecule has 3 aliphatic heterocycles. The van der Waals surface area contributed by atoms with Crippen LogP contribution in [-0.4, -0.2) is 112 Å². The van der Waals surface area contributed by atoms with E-state index >= 15 is 0 Å². The van der Waals surface area contributed by atoms with Gasteiger partial charge in [-0.2, -0.15) is 13.2 Å². The Morgan fingerprint density at radius 2 is 1.94 bits per heavy atom. The van der Waals surface area contributed by atoms with E-state index in [0.717, 1.165) is 56.3 Å². The number of methoxy groups -OCH3 is 1. The quantitative estimate of drug-likeness (QED) is 0.338. The highest BCUT2D eigenvalue weighted by Crippen LogP contribution is 2.46. The van der Waals surface area contributed by atoms with Crippen LogP contribution < -0.4 is 10.2 Å². The number of carbonyl (C=O) groups is 1. The van der Waals surface area contributed by atoms with Crippen molar-refractivity contribution >= 4 is 44.4 Å². The van der Waals surface area contributed by atoms with Crippen LogP contribution in [0, 0.1) is 0 Å². The highest BCUT2D eigenvalue weighted by atomic mass is 32.2. The number of benzene rings is 1. The Morgan fingerprint density at radius 3 is 2.60 bits per heavy atom. The standard InChI is InChI=1S/C32H37F3N6O5S2/c1-19-16-40(8-7-39(19)9-11-45-2)21-5-6-25(23(13-21)20-3-4-20)37-31-36-15-24(32(33,34)35)28(38-31)26-14-27-29(47-26)30(42)41(22-17-46-18-22)10-12-48(27,43)44/h5-6,13-15,19-20,22H,3-4,7-12,16-18H2,1-2H3,(H,36,37,38)/t19-/m1/s1. The fraction of sp³-hybridized carbons (Fsp3) is 0.531. The monoisotopic (exact) mass is 706 g/mol. The van der Waals surface area contributed by atoms with Crippen LogP contribution >= 0.6 is 11.3 Å². The Balaban J connectivity index is 1.19. The van der Waals surface area contributed by atoms with Crippen molar-refractivity contribution in [1.82, 2.24) is 19.8 Å². The molecule has 2 saturated heterocycles. The summed E-state index contributed by atoms with van der Waals surface area (Å²) in [7, 11) is -2.23. The minimum atomic E-state index is -4.82. The van der Waals surface area contributed by atoms with Crippen molar-refractivity contribution in [3.63, 3.8) is 0 Å². The van der Waals surface area contributed by atoms with Crippen molar-refractivity contribution in [2.45, 2.75) is 48.8 Å². The van der Waals surface area contributed by atoms with Gasteiger partial charge in [0, 0.05) is 63.4 Å². The van der Waals surface area contributed by atoms with Crippen molar-refractivity contribution in [2.75, 3.05) is 75.6 Å². The number of sulfone groups is 1. The lowest BCUT2D eigenvalue weighted by molar-refractivity contribution is -0.137. The number of carbonyl (C=O) groups excluding carboxylic acids is 1. The first-order valence-electron chi connectivity index (χ1n) is 16.0. The number of aromatic nitrogens is 2. The van der Waals surface area contributed by atoms with E-state index in [-0.39, 0.29) is 52.2 Å². The van der Waals surface area contributed by atoms with E-state index in [0.29, 0.717) is 41.8 Å². The second-order valence-corrected chi connectivity index (χ2v) is 15.9. The molecule has 48 heavy (non-hydrogen) atoms. The summed E-state index contributed by atoms with van der Waals surface area (Å²) < 4.78 is 79.7. The van der Waals surface area contributed by atoms with Crippen LogP contribution in [0.25, 0.3) is 10.6 Å². The fourth-order valence-corrected chi connectivity index (χ4v) is 9.42. The number of nitrogens with one attached hydrogen (secondary N) is 1. The molecule has 1 N–H and O–H groups in total. The number of rotatable bonds is 9. The summed E-state index contributed by atoms with van der Waals surface area (Å²) in [5, 5.41) is 3.15. The van der Waals surface area contributed by atoms with Crippen LogP contribution in [0.1, 0.15) is 46.5 Å². The molecular formula is C32H37F3N6O5S2. The smallest absolute Gasteiger partial charge is 0.383 e. The molecule has 1 amide bonds. The van der Waals surface area contributed by atoms with Crippen LogP contribution in [0.4, 0.5) is 30.5 Å². The first kappa shape index (κ1) is 33.2. The lowest BCUT2D eigenvalue weighted by Crippen LogP contribution is -2.52. The van der Waals surface area contributed by atoms with E-state index in [9.17, 15) is 26.4 Å². The van der Waals surface area contributed by atoms with Crippen LogP contribution in [0.3, 0.4) is 0 Å². The maximum Gasteiger partial charge on any atom is 0.420 e. The fourth-order valence-electron chi connectivity index (χ4n) is 6.50. The summed E-state index contributed by atoms with van der Waals surface area (Å²) in [6.07, 6.45) is -2.10. The van der Waals surface area contributed by atoms with E-state index in [2.05, 4.69) is 38.1 Å². The Hall–Kier alpha value is -3.31. The predicted molar refractivity (Wildman–Crippen MR) is 175 cm³/mol. The zero-order chi connectivity index (χ0) is 33.8. The second-order valence-electron chi connectivity index (χ2n) is 12.8. The molecule has 3 fully saturated rings. The summed E-state index contributed by atoms with van der Waals surface area (Å²) in [4.78, 5) is 27.5. The van der Waals surface area contributed by atoms with Gasteiger partial charge in [-0.3, -0.25) is 9.69 Å². The molecule has 1 saturated carbocycles. The Labute approximate surface area is 281 Å². The number of hydrogen-bond donors (Lipinski definition) is 1. The summed E-state index contributed by atoms with van der Waals surface area (Å²) in [5.41, 5.74) is 1.24. The van der Waals surface area contributed by atoms with Gasteiger partial charge in [0.1, 0.15) is 10.4 Å². The summed E-state index contributed by atoms with van der Waals surface area (Å²) in [6.45, 7) is 6.98. The molecule has 0 bridgehead atoms. The van der Waals surface area contributed by atoms with Gasteiger partial charge in [-0.05, 0) is 55.5 Å². The van der Waals surface area contributed by atoms with Gasteiger partial charge in [0.2, 0.25) is 5.95 Å². The molecule has 3 aromatic rings. The van der Waals surface area contributed by atoms with Crippen LogP contribution in [0.5, 0.6) is 0 Å². The maximum absolute atomic E-state index is 14.3. The van der Waals surface area contributed by atoms with Crippen molar-refractivity contribution in [3.05, 3.63) is 46.5 Å². The van der Waals surface area contributed by atoms with Crippen LogP contribution in [0.2, 0.25) is 0 Å². The first-order valence-corrected chi connectivity index (χ1v) is 18.5. The molecule has 5 heterocycles. The SMILES string of the molecule is COCCN1CCN(c2ccc(Nc3ncc(C(F)(F)F)c(-c4cc5c(s4)C(=O)N(C4COC4)CCS5(=O)=O)n3)c(C3CC3)c2)C[C@H]1C. The van der Waals surface area contributed by atoms with Gasteiger partial charge < -0.3 is 24.6 Å². The number of anilines is 3. The van der Waals surface area contributed by atoms with Gasteiger partial charge in [0.25, 0.3) is 5.91 Å². The lowest BCUT2D eigenvalue weighted by Gasteiger charge is -2.41. The Kier molecular flexibility index (Phi) is 8.89. The minimum Gasteiger partial charge on any atom is -0.383 e. The van der Waals surface area contributed by atoms with Crippen LogP contribution in [-0.2, 0) is 25.5 Å². The topological polar surface area (TPSA) is 117 Å². The molecule has 1 atom stereocenters. The highest BCUT2D eigenvalue weighted by molar-refractivity contribution is 7.91. The number of amides is 1. The number of thiophene rings is 1. The zero-order valence-electron chi connectivity index (χ0n) is 26.6. The highest BCUT2D eigenvalue weighted by Gasteiger charge is 2.41. The van der Waals surface area contributed by atoms with Gasteiger partial charge in [-0.15, -0.1) is 11.3 Å². The largest absolute Gasteiger partial charge is 0.420 e. The normalized spacial score (nSPS) is 21.9. The molecule has 16 heteroatoms. The number of hydrogen-bond acceptors (Lipinski definition) is 11. The molecule has 1 aromatic carbocycles. The van der Waals surface area contributed by atoms with E-state index in [1.54, 1.807) is 7.11 Å². The maximum atomic E-state index is 14.3. The van der Waals surface area contributed by atoms with Gasteiger partial charge in [0.05, 0.1) is 47.1 Å². The summed E-state index contributed by atoms with van der Waals surface area (Å²) in [6, 6.07) is 7.30. The van der Waals surface area contributed by atoms with Gasteiger partial charge in [-0.25, -0.2) is 18.4 Å². The number of nitrogens with zero attached hydrogens (tertiary/aromatic N) is 5. The number of ether oxygens (including phenoxy) is 2. The third-order valence-corrected chi connectivity index (χ3v) is 12.5. The molecular weight excluding hydrogens is 670 g/mol. The summed E-state index contributed by atoms with van der Waals surface area (Å²) >= 11 is 0.708. The average molecular weight is 707 g/mol. The third-order valence-electron chi connectivity index (χ3n) is 9.49. The van der Waals surface area contributed by atoms with Gasteiger partial charge >= 0.3 is 6.18 Å². The number of piperazine rings is 1. The van der Waals surface area contributed by atoms with Crippen molar-refractivity contribution < 1.29 is 35.9 Å². The molecule has 1 aliphatic carbocycles. The van der Waals surface area contributed by atoms with Gasteiger partial charge in [0.15, 0.2) is 9.84 Å². The predicted octanol–water partition coefficient (Wildman–Crippen LogP) is 4.63. The average Bonchev–Trinajstić information content (AvgIpc) is 3.78. The zero-order valence-corrected chi connectivity index (χ0v) is 28.3. The molecule has 0 radical (unpaired) electrons. The van der Waals surface area contributed by atoms with Crippen molar-refractivity contribution in [1.29, 1.82) is 0 Å². The molecule has 7 rings (SSSR count). The van der Waals surface area contributed by atoms with E-state index in [1.165, 1.54) is 4.90 Å². The Morgan fingerprint density at radius 1 is 1.15 bits per heavy atom. The van der Waals surface area contributed by atoms with E-state index in [1.807, 2.05) is 12.1 Å². The number of halogens is 3. The van der Waals surface area contributed by atoms with Crippen LogP contribution in [0.15, 0.2) is 35.4 Å². The summed E-state index contributed by atoms with van der Waals surface area (Å²) in [5.74, 6) is -0.603. The third kappa shape index (κ3) is 6.52.